The van der Waals surface area contributed by atoms with Gasteiger partial charge in [-0.2, -0.15) is 0 Å². The van der Waals surface area contributed by atoms with E-state index in [1.54, 1.807) is 4.90 Å². The first-order valence-electron chi connectivity index (χ1n) is 6.07. The maximum atomic E-state index is 12.0. The van der Waals surface area contributed by atoms with Gasteiger partial charge < -0.3 is 10.1 Å². The van der Waals surface area contributed by atoms with Crippen LogP contribution in [0.4, 0.5) is 10.5 Å². The van der Waals surface area contributed by atoms with Gasteiger partial charge in [-0.15, -0.1) is 0 Å². The molecule has 1 N–H and O–H groups in total. The molecule has 1 aromatic carbocycles. The van der Waals surface area contributed by atoms with Crippen molar-refractivity contribution in [2.75, 3.05) is 24.5 Å². The van der Waals surface area contributed by atoms with Gasteiger partial charge in [0.15, 0.2) is 0 Å². The van der Waals surface area contributed by atoms with Crippen molar-refractivity contribution in [1.82, 2.24) is 5.32 Å². The second kappa shape index (κ2) is 4.14. The lowest BCUT2D eigenvalue weighted by atomic mass is 10.0. The van der Waals surface area contributed by atoms with Gasteiger partial charge >= 0.3 is 6.09 Å². The molecule has 0 aliphatic carbocycles. The lowest BCUT2D eigenvalue weighted by Gasteiger charge is -2.20. The zero-order chi connectivity index (χ0) is 12.8. The summed E-state index contributed by atoms with van der Waals surface area (Å²) in [5.74, 6) is 0. The van der Waals surface area contributed by atoms with Crippen molar-refractivity contribution >= 4 is 23.4 Å². The lowest BCUT2D eigenvalue weighted by Crippen LogP contribution is -2.36. The molecule has 18 heavy (non-hydrogen) atoms. The summed E-state index contributed by atoms with van der Waals surface area (Å²) in [6.45, 7) is 4.20. The van der Waals surface area contributed by atoms with Crippen molar-refractivity contribution in [3.63, 3.8) is 0 Å². The molecule has 1 aromatic rings. The molecule has 2 heterocycles. The molecule has 2 aliphatic heterocycles. The minimum absolute atomic E-state index is 0.274. The quantitative estimate of drug-likeness (QED) is 0.848. The van der Waals surface area contributed by atoms with Crippen LogP contribution in [0.3, 0.4) is 0 Å². The molecule has 1 amide bonds. The molecule has 0 bridgehead atoms. The predicted octanol–water partition coefficient (Wildman–Crippen LogP) is 2.34. The number of carbonyl (C=O) groups is 1. The number of hydrogen-bond donors (Lipinski definition) is 1. The van der Waals surface area contributed by atoms with Gasteiger partial charge in [-0.3, -0.25) is 4.90 Å². The Morgan fingerprint density at radius 3 is 3.06 bits per heavy atom. The van der Waals surface area contributed by atoms with E-state index in [-0.39, 0.29) is 11.7 Å². The largest absolute Gasteiger partial charge is 0.439 e. The average molecular weight is 267 g/mol. The van der Waals surface area contributed by atoms with E-state index in [1.165, 1.54) is 0 Å². The van der Waals surface area contributed by atoms with Crippen LogP contribution in [0.2, 0.25) is 5.02 Å². The second-order valence-corrected chi connectivity index (χ2v) is 5.43. The molecule has 5 heteroatoms. The molecule has 2 aliphatic rings. The topological polar surface area (TPSA) is 41.6 Å². The van der Waals surface area contributed by atoms with Gasteiger partial charge in [-0.25, -0.2) is 4.79 Å². The van der Waals surface area contributed by atoms with Crippen molar-refractivity contribution < 1.29 is 9.53 Å². The Labute approximate surface area is 111 Å². The van der Waals surface area contributed by atoms with E-state index >= 15 is 0 Å². The van der Waals surface area contributed by atoms with Crippen LogP contribution in [0.5, 0.6) is 0 Å². The molecule has 1 spiro atoms. The summed E-state index contributed by atoms with van der Waals surface area (Å²) < 4.78 is 5.55. The first-order valence-corrected chi connectivity index (χ1v) is 6.45. The van der Waals surface area contributed by atoms with Crippen molar-refractivity contribution in [3.05, 3.63) is 28.8 Å². The highest BCUT2D eigenvalue weighted by atomic mass is 35.5. The molecule has 3 rings (SSSR count). The number of nitrogens with zero attached hydrogens (tertiary/aromatic N) is 1. The minimum atomic E-state index is -0.355. The van der Waals surface area contributed by atoms with Gasteiger partial charge in [0.25, 0.3) is 0 Å². The third-order valence-electron chi connectivity index (χ3n) is 3.64. The van der Waals surface area contributed by atoms with Crippen LogP contribution in [0.1, 0.15) is 12.0 Å². The molecule has 0 saturated carbocycles. The number of halogens is 1. The zero-order valence-corrected chi connectivity index (χ0v) is 11.0. The monoisotopic (exact) mass is 266 g/mol. The summed E-state index contributed by atoms with van der Waals surface area (Å²) in [5, 5.41) is 3.88. The smallest absolute Gasteiger partial charge is 0.415 e. The van der Waals surface area contributed by atoms with Gasteiger partial charge in [0.2, 0.25) is 0 Å². The van der Waals surface area contributed by atoms with Gasteiger partial charge in [-0.1, -0.05) is 17.7 Å². The fraction of sp³-hybridized carbons (Fsp3) is 0.462. The normalized spacial score (nSPS) is 27.0. The molecule has 96 valence electrons. The third-order valence-corrected chi connectivity index (χ3v) is 3.87. The minimum Gasteiger partial charge on any atom is -0.439 e. The Morgan fingerprint density at radius 2 is 2.33 bits per heavy atom. The van der Waals surface area contributed by atoms with Crippen LogP contribution in [0, 0.1) is 6.92 Å². The maximum absolute atomic E-state index is 12.0. The molecule has 0 radical (unpaired) electrons. The average Bonchev–Trinajstić information content (AvgIpc) is 2.90. The van der Waals surface area contributed by atoms with Crippen LogP contribution in [0.25, 0.3) is 0 Å². The van der Waals surface area contributed by atoms with E-state index in [1.807, 2.05) is 25.1 Å². The van der Waals surface area contributed by atoms with Crippen molar-refractivity contribution in [3.8, 4) is 0 Å². The van der Waals surface area contributed by atoms with E-state index in [0.717, 1.165) is 30.8 Å². The fourth-order valence-electron chi connectivity index (χ4n) is 2.63. The first kappa shape index (κ1) is 11.8. The van der Waals surface area contributed by atoms with Crippen LogP contribution in [-0.2, 0) is 4.74 Å². The maximum Gasteiger partial charge on any atom is 0.415 e. The number of rotatable bonds is 1. The standard InChI is InChI=1S/C13H15ClN2O2/c1-9-2-3-10(14)6-11(9)16-8-13(18-12(16)17)4-5-15-7-13/h2-3,6,15H,4-5,7-8H2,1H3. The number of ether oxygens (including phenoxy) is 1. The number of benzene rings is 1. The van der Waals surface area contributed by atoms with Crippen LogP contribution >= 0.6 is 11.6 Å². The van der Waals surface area contributed by atoms with Gasteiger partial charge in [0.05, 0.1) is 12.2 Å². The fourth-order valence-corrected chi connectivity index (χ4v) is 2.79. The summed E-state index contributed by atoms with van der Waals surface area (Å²) in [6, 6.07) is 5.57. The first-order chi connectivity index (χ1) is 8.60. The van der Waals surface area contributed by atoms with Crippen LogP contribution in [-0.4, -0.2) is 31.3 Å². The van der Waals surface area contributed by atoms with Crippen molar-refractivity contribution in [2.24, 2.45) is 0 Å². The van der Waals surface area contributed by atoms with Gasteiger partial charge in [0, 0.05) is 18.0 Å². The van der Waals surface area contributed by atoms with E-state index in [0.29, 0.717) is 11.6 Å². The van der Waals surface area contributed by atoms with Crippen molar-refractivity contribution in [1.29, 1.82) is 0 Å². The summed E-state index contributed by atoms with van der Waals surface area (Å²) in [7, 11) is 0. The molecule has 1 atom stereocenters. The third kappa shape index (κ3) is 1.85. The van der Waals surface area contributed by atoms with E-state index in [4.69, 9.17) is 16.3 Å². The number of amides is 1. The Kier molecular flexibility index (Phi) is 2.72. The summed E-state index contributed by atoms with van der Waals surface area (Å²) >= 11 is 6.00. The predicted molar refractivity (Wildman–Crippen MR) is 70.2 cm³/mol. The molecular weight excluding hydrogens is 252 g/mol. The number of carbonyl (C=O) groups excluding carboxylic acids is 1. The highest BCUT2D eigenvalue weighted by molar-refractivity contribution is 6.31. The molecule has 2 fully saturated rings. The lowest BCUT2D eigenvalue weighted by molar-refractivity contribution is 0.0733. The SMILES string of the molecule is Cc1ccc(Cl)cc1N1CC2(CCNC2)OC1=O. The van der Waals surface area contributed by atoms with E-state index in [9.17, 15) is 4.79 Å². The van der Waals surface area contributed by atoms with Crippen LogP contribution < -0.4 is 10.2 Å². The Bertz CT molecular complexity index is 498. The summed E-state index contributed by atoms with van der Waals surface area (Å²) in [4.78, 5) is 13.7. The molecule has 4 nitrogen and oxygen atoms in total. The molecule has 2 saturated heterocycles. The highest BCUT2D eigenvalue weighted by Gasteiger charge is 2.47. The number of aryl methyl sites for hydroxylation is 1. The Hall–Kier alpha value is -1.26. The molecule has 1 unspecified atom stereocenters. The Balaban J connectivity index is 1.93. The highest BCUT2D eigenvalue weighted by Crippen LogP contribution is 2.34. The second-order valence-electron chi connectivity index (χ2n) is 4.99. The van der Waals surface area contributed by atoms with E-state index in [2.05, 4.69) is 5.32 Å². The number of hydrogen-bond acceptors (Lipinski definition) is 3. The van der Waals surface area contributed by atoms with Gasteiger partial charge in [0.1, 0.15) is 5.60 Å². The summed E-state index contributed by atoms with van der Waals surface area (Å²) in [5.41, 5.74) is 1.52. The van der Waals surface area contributed by atoms with E-state index < -0.39 is 0 Å². The number of nitrogens with one attached hydrogen (secondary N) is 1. The molecular formula is C13H15ClN2O2. The van der Waals surface area contributed by atoms with Crippen LogP contribution in [0.15, 0.2) is 18.2 Å². The Morgan fingerprint density at radius 1 is 1.50 bits per heavy atom. The summed E-state index contributed by atoms with van der Waals surface area (Å²) in [6.07, 6.45) is 0.596. The van der Waals surface area contributed by atoms with Crippen molar-refractivity contribution in [2.45, 2.75) is 18.9 Å². The molecule has 0 aromatic heterocycles. The van der Waals surface area contributed by atoms with Gasteiger partial charge in [-0.05, 0) is 31.2 Å². The number of anilines is 1. The zero-order valence-electron chi connectivity index (χ0n) is 10.2.